The Bertz CT molecular complexity index is 1050. The van der Waals surface area contributed by atoms with Gasteiger partial charge >= 0.3 is 12.1 Å². The second-order valence-electron chi connectivity index (χ2n) is 7.62. The van der Waals surface area contributed by atoms with Gasteiger partial charge in [-0.15, -0.1) is 0 Å². The van der Waals surface area contributed by atoms with Crippen LogP contribution >= 0.6 is 0 Å². The standard InChI is InChI=1S/C23H21F3N2O2/c24-23(25,26)18-10-7-16(8-11-18)21(28-13-3-5-17(14-28)22(29)30)20-12-9-15-4-1-2-6-19(15)27-20/h1-2,4,6-12,17,21H,3,5,13-14H2,(H,29,30). The monoisotopic (exact) mass is 414 g/mol. The maximum atomic E-state index is 13.0. The van der Waals surface area contributed by atoms with E-state index in [1.807, 2.05) is 41.3 Å². The lowest BCUT2D eigenvalue weighted by Gasteiger charge is -2.37. The van der Waals surface area contributed by atoms with Crippen LogP contribution in [0.1, 0.15) is 35.7 Å². The number of piperidine rings is 1. The molecule has 0 spiro atoms. The number of carboxylic acids is 1. The Morgan fingerprint density at radius 3 is 2.50 bits per heavy atom. The van der Waals surface area contributed by atoms with Gasteiger partial charge in [0.05, 0.1) is 28.7 Å². The molecule has 1 aliphatic rings. The fourth-order valence-corrected chi connectivity index (χ4v) is 4.10. The number of carbonyl (C=O) groups is 1. The number of fused-ring (bicyclic) bond motifs is 1. The molecule has 1 N–H and O–H groups in total. The first-order valence-electron chi connectivity index (χ1n) is 9.82. The summed E-state index contributed by atoms with van der Waals surface area (Å²) in [6, 6.07) is 16.1. The van der Waals surface area contributed by atoms with E-state index in [9.17, 15) is 23.1 Å². The molecule has 0 saturated carbocycles. The normalized spacial score (nSPS) is 19.0. The zero-order valence-electron chi connectivity index (χ0n) is 16.1. The minimum Gasteiger partial charge on any atom is -0.481 e. The van der Waals surface area contributed by atoms with Gasteiger partial charge in [-0.1, -0.05) is 36.4 Å². The third-order valence-electron chi connectivity index (χ3n) is 5.62. The van der Waals surface area contributed by atoms with Gasteiger partial charge in [0.1, 0.15) is 0 Å². The number of nitrogens with zero attached hydrogens (tertiary/aromatic N) is 2. The van der Waals surface area contributed by atoms with Crippen molar-refractivity contribution in [2.24, 2.45) is 5.92 Å². The van der Waals surface area contributed by atoms with Crippen LogP contribution in [0.5, 0.6) is 0 Å². The summed E-state index contributed by atoms with van der Waals surface area (Å²) >= 11 is 0. The smallest absolute Gasteiger partial charge is 0.416 e. The summed E-state index contributed by atoms with van der Waals surface area (Å²) in [5, 5.41) is 10.4. The van der Waals surface area contributed by atoms with Crippen molar-refractivity contribution in [3.05, 3.63) is 77.5 Å². The minimum absolute atomic E-state index is 0.329. The lowest BCUT2D eigenvalue weighted by Crippen LogP contribution is -2.41. The molecule has 1 fully saturated rings. The molecule has 2 unspecified atom stereocenters. The Hall–Kier alpha value is -2.93. The first-order chi connectivity index (χ1) is 14.3. The fourth-order valence-electron chi connectivity index (χ4n) is 4.10. The molecule has 1 saturated heterocycles. The average molecular weight is 414 g/mol. The van der Waals surface area contributed by atoms with Crippen LogP contribution in [0.25, 0.3) is 10.9 Å². The molecule has 7 heteroatoms. The van der Waals surface area contributed by atoms with Gasteiger partial charge in [-0.3, -0.25) is 14.7 Å². The molecule has 0 bridgehead atoms. The maximum Gasteiger partial charge on any atom is 0.416 e. The summed E-state index contributed by atoms with van der Waals surface area (Å²) in [4.78, 5) is 18.3. The highest BCUT2D eigenvalue weighted by Gasteiger charge is 2.34. The first kappa shape index (κ1) is 20.3. The molecule has 4 rings (SSSR count). The van der Waals surface area contributed by atoms with E-state index >= 15 is 0 Å². The second kappa shape index (κ2) is 8.07. The number of rotatable bonds is 4. The third kappa shape index (κ3) is 4.16. The predicted octanol–water partition coefficient (Wildman–Crippen LogP) is 5.14. The summed E-state index contributed by atoms with van der Waals surface area (Å²) in [5.74, 6) is -1.35. The molecule has 1 aliphatic heterocycles. The van der Waals surface area contributed by atoms with E-state index < -0.39 is 29.7 Å². The van der Waals surface area contributed by atoms with Gasteiger partial charge in [0.15, 0.2) is 0 Å². The van der Waals surface area contributed by atoms with E-state index in [0.717, 1.165) is 23.0 Å². The van der Waals surface area contributed by atoms with Gasteiger partial charge in [-0.2, -0.15) is 13.2 Å². The maximum absolute atomic E-state index is 13.0. The van der Waals surface area contributed by atoms with E-state index in [2.05, 4.69) is 0 Å². The highest BCUT2D eigenvalue weighted by Crippen LogP contribution is 2.35. The average Bonchev–Trinajstić information content (AvgIpc) is 2.74. The van der Waals surface area contributed by atoms with E-state index in [4.69, 9.17) is 4.98 Å². The largest absolute Gasteiger partial charge is 0.481 e. The summed E-state index contributed by atoms with van der Waals surface area (Å²) in [6.07, 6.45) is -3.10. The molecular weight excluding hydrogens is 393 g/mol. The number of halogens is 3. The minimum atomic E-state index is -4.41. The second-order valence-corrected chi connectivity index (χ2v) is 7.62. The van der Waals surface area contributed by atoms with Crippen molar-refractivity contribution in [1.29, 1.82) is 0 Å². The molecule has 156 valence electrons. The summed E-state index contributed by atoms with van der Waals surface area (Å²) in [5.41, 5.74) is 1.44. The van der Waals surface area contributed by atoms with E-state index in [1.165, 1.54) is 12.1 Å². The van der Waals surface area contributed by atoms with Crippen LogP contribution in [-0.4, -0.2) is 34.0 Å². The Balaban J connectivity index is 1.76. The van der Waals surface area contributed by atoms with Crippen LogP contribution in [0.3, 0.4) is 0 Å². The molecule has 2 aromatic carbocycles. The highest BCUT2D eigenvalue weighted by molar-refractivity contribution is 5.78. The van der Waals surface area contributed by atoms with Crippen LogP contribution in [-0.2, 0) is 11.0 Å². The number of benzene rings is 2. The summed E-state index contributed by atoms with van der Waals surface area (Å²) < 4.78 is 39.1. The van der Waals surface area contributed by atoms with Crippen molar-refractivity contribution in [1.82, 2.24) is 9.88 Å². The number of alkyl halides is 3. The van der Waals surface area contributed by atoms with E-state index in [0.29, 0.717) is 37.2 Å². The SMILES string of the molecule is O=C(O)C1CCCN(C(c2ccc(C(F)(F)F)cc2)c2ccc3ccccc3n2)C1. The molecule has 0 amide bonds. The number of hydrogen-bond acceptors (Lipinski definition) is 3. The Morgan fingerprint density at radius 2 is 1.80 bits per heavy atom. The molecule has 2 heterocycles. The van der Waals surface area contributed by atoms with Gasteiger partial charge in [-0.25, -0.2) is 0 Å². The number of carboxylic acid groups (broad SMARTS) is 1. The molecule has 30 heavy (non-hydrogen) atoms. The number of hydrogen-bond donors (Lipinski definition) is 1. The lowest BCUT2D eigenvalue weighted by molar-refractivity contribution is -0.144. The number of aromatic nitrogens is 1. The molecule has 0 aliphatic carbocycles. The van der Waals surface area contributed by atoms with Crippen molar-refractivity contribution in [2.45, 2.75) is 25.1 Å². The molecular formula is C23H21F3N2O2. The van der Waals surface area contributed by atoms with Gasteiger partial charge in [0, 0.05) is 11.9 Å². The van der Waals surface area contributed by atoms with Gasteiger partial charge < -0.3 is 5.11 Å². The summed E-state index contributed by atoms with van der Waals surface area (Å²) in [7, 11) is 0. The predicted molar refractivity (Wildman–Crippen MR) is 107 cm³/mol. The fraction of sp³-hybridized carbons (Fsp3) is 0.304. The molecule has 4 nitrogen and oxygen atoms in total. The van der Waals surface area contributed by atoms with Crippen molar-refractivity contribution >= 4 is 16.9 Å². The quantitative estimate of drug-likeness (QED) is 0.642. The zero-order chi connectivity index (χ0) is 21.3. The van der Waals surface area contributed by atoms with Crippen molar-refractivity contribution in [3.8, 4) is 0 Å². The van der Waals surface area contributed by atoms with Crippen LogP contribution in [0.4, 0.5) is 13.2 Å². The van der Waals surface area contributed by atoms with Crippen molar-refractivity contribution in [2.75, 3.05) is 13.1 Å². The van der Waals surface area contributed by atoms with E-state index in [1.54, 1.807) is 0 Å². The van der Waals surface area contributed by atoms with E-state index in [-0.39, 0.29) is 0 Å². The first-order valence-corrected chi connectivity index (χ1v) is 9.82. The third-order valence-corrected chi connectivity index (χ3v) is 5.62. The van der Waals surface area contributed by atoms with Crippen molar-refractivity contribution in [3.63, 3.8) is 0 Å². The Labute approximate surface area is 172 Å². The molecule has 1 aromatic heterocycles. The molecule has 2 atom stereocenters. The molecule has 0 radical (unpaired) electrons. The van der Waals surface area contributed by atoms with Crippen LogP contribution < -0.4 is 0 Å². The Kier molecular flexibility index (Phi) is 5.47. The van der Waals surface area contributed by atoms with Crippen LogP contribution in [0.15, 0.2) is 60.7 Å². The zero-order valence-corrected chi connectivity index (χ0v) is 16.1. The number of pyridine rings is 1. The Morgan fingerprint density at radius 1 is 1.07 bits per heavy atom. The topological polar surface area (TPSA) is 53.4 Å². The van der Waals surface area contributed by atoms with Gasteiger partial charge in [0.25, 0.3) is 0 Å². The van der Waals surface area contributed by atoms with Gasteiger partial charge in [-0.05, 0) is 49.2 Å². The highest BCUT2D eigenvalue weighted by atomic mass is 19.4. The van der Waals surface area contributed by atoms with Gasteiger partial charge in [0.2, 0.25) is 0 Å². The number of likely N-dealkylation sites (tertiary alicyclic amines) is 1. The molecule has 3 aromatic rings. The van der Waals surface area contributed by atoms with Crippen LogP contribution in [0.2, 0.25) is 0 Å². The summed E-state index contributed by atoms with van der Waals surface area (Å²) in [6.45, 7) is 0.986. The lowest BCUT2D eigenvalue weighted by atomic mass is 9.92. The number of aliphatic carboxylic acids is 1. The van der Waals surface area contributed by atoms with Crippen molar-refractivity contribution < 1.29 is 23.1 Å². The van der Waals surface area contributed by atoms with Crippen LogP contribution in [0, 0.1) is 5.92 Å². The number of para-hydroxylation sites is 1.